The molecule has 1 aliphatic heterocycles. The van der Waals surface area contributed by atoms with Crippen molar-refractivity contribution in [1.29, 1.82) is 0 Å². The average Bonchev–Trinajstić information content (AvgIpc) is 3.03. The fraction of sp³-hybridized carbons (Fsp3) is 0.417. The largest absolute Gasteiger partial charge is 0.497 e. The molecule has 1 aliphatic carbocycles. The van der Waals surface area contributed by atoms with E-state index in [4.69, 9.17) is 9.47 Å². The lowest BCUT2D eigenvalue weighted by atomic mass is 9.94. The van der Waals surface area contributed by atoms with Crippen molar-refractivity contribution in [2.24, 2.45) is 0 Å². The Bertz CT molecular complexity index is 886. The van der Waals surface area contributed by atoms with Crippen LogP contribution >= 0.6 is 0 Å². The van der Waals surface area contributed by atoms with Crippen LogP contribution in [0.25, 0.3) is 0 Å². The van der Waals surface area contributed by atoms with Gasteiger partial charge in [-0.05, 0) is 18.4 Å². The lowest BCUT2D eigenvalue weighted by molar-refractivity contribution is -0.129. The van der Waals surface area contributed by atoms with Gasteiger partial charge in [0.15, 0.2) is 0 Å². The molecule has 2 aromatic carbocycles. The molecule has 0 bridgehead atoms. The summed E-state index contributed by atoms with van der Waals surface area (Å²) in [4.78, 5) is 30.2. The predicted octanol–water partition coefficient (Wildman–Crippen LogP) is 4.42. The number of nitrogens with zero attached hydrogens (tertiary/aromatic N) is 2. The Morgan fingerprint density at radius 2 is 1.50 bits per heavy atom. The second-order valence-electron chi connectivity index (χ2n) is 7.93. The second-order valence-corrected chi connectivity index (χ2v) is 7.93. The molecule has 30 heavy (non-hydrogen) atoms. The number of hydrogen-bond acceptors (Lipinski definition) is 4. The summed E-state index contributed by atoms with van der Waals surface area (Å²) in [6, 6.07) is 14.3. The maximum absolute atomic E-state index is 13.6. The molecule has 2 aliphatic rings. The van der Waals surface area contributed by atoms with E-state index in [0.29, 0.717) is 23.6 Å². The molecule has 3 amide bonds. The van der Waals surface area contributed by atoms with Crippen LogP contribution in [-0.2, 0) is 11.2 Å². The molecular formula is C24H28N2O4. The molecule has 6 nitrogen and oxygen atoms in total. The molecule has 0 unspecified atom stereocenters. The van der Waals surface area contributed by atoms with E-state index in [1.807, 2.05) is 30.3 Å². The van der Waals surface area contributed by atoms with Gasteiger partial charge >= 0.3 is 6.03 Å². The first kappa shape index (κ1) is 20.3. The van der Waals surface area contributed by atoms with Crippen molar-refractivity contribution < 1.29 is 19.1 Å². The maximum Gasteiger partial charge on any atom is 0.332 e. The van der Waals surface area contributed by atoms with Crippen molar-refractivity contribution in [3.8, 4) is 11.5 Å². The van der Waals surface area contributed by atoms with Gasteiger partial charge in [0.1, 0.15) is 17.5 Å². The fourth-order valence-electron chi connectivity index (χ4n) is 4.53. The predicted molar refractivity (Wildman–Crippen MR) is 115 cm³/mol. The summed E-state index contributed by atoms with van der Waals surface area (Å²) in [5.74, 6) is 1.05. The molecule has 158 valence electrons. The highest BCUT2D eigenvalue weighted by Crippen LogP contribution is 2.36. The number of ether oxygens (including phenoxy) is 2. The topological polar surface area (TPSA) is 59.1 Å². The van der Waals surface area contributed by atoms with E-state index in [9.17, 15) is 9.59 Å². The number of hydrogen-bond donors (Lipinski definition) is 0. The number of methoxy groups -OCH3 is 2. The zero-order chi connectivity index (χ0) is 21.1. The number of carbonyl (C=O) groups is 2. The minimum Gasteiger partial charge on any atom is -0.497 e. The highest BCUT2D eigenvalue weighted by atomic mass is 16.5. The molecule has 0 spiro atoms. The molecule has 1 atom stereocenters. The summed E-state index contributed by atoms with van der Waals surface area (Å²) in [5.41, 5.74) is 1.64. The Balaban J connectivity index is 1.74. The number of benzene rings is 2. The Kier molecular flexibility index (Phi) is 5.93. The van der Waals surface area contributed by atoms with Crippen molar-refractivity contribution in [2.45, 2.75) is 50.6 Å². The van der Waals surface area contributed by atoms with Gasteiger partial charge < -0.3 is 9.47 Å². The first-order valence-electron chi connectivity index (χ1n) is 10.6. The molecule has 2 aromatic rings. The maximum atomic E-state index is 13.6. The third-order valence-corrected chi connectivity index (χ3v) is 6.07. The number of carbonyl (C=O) groups excluding carboxylic acids is 2. The summed E-state index contributed by atoms with van der Waals surface area (Å²) in [6.07, 6.45) is 5.50. The van der Waals surface area contributed by atoms with Crippen LogP contribution in [0.5, 0.6) is 11.5 Å². The number of imide groups is 1. The van der Waals surface area contributed by atoms with Gasteiger partial charge in [0.2, 0.25) is 0 Å². The van der Waals surface area contributed by atoms with Crippen LogP contribution in [0.4, 0.5) is 10.5 Å². The van der Waals surface area contributed by atoms with Gasteiger partial charge in [-0.3, -0.25) is 14.6 Å². The molecule has 6 heteroatoms. The smallest absolute Gasteiger partial charge is 0.332 e. The van der Waals surface area contributed by atoms with Crippen LogP contribution in [-0.4, -0.2) is 43.1 Å². The lowest BCUT2D eigenvalue weighted by Gasteiger charge is -2.29. The molecular weight excluding hydrogens is 380 g/mol. The quantitative estimate of drug-likeness (QED) is 0.664. The van der Waals surface area contributed by atoms with Gasteiger partial charge in [0.05, 0.1) is 19.9 Å². The Labute approximate surface area is 177 Å². The van der Waals surface area contributed by atoms with E-state index in [1.54, 1.807) is 37.3 Å². The van der Waals surface area contributed by atoms with Crippen LogP contribution in [0.3, 0.4) is 0 Å². The average molecular weight is 408 g/mol. The number of rotatable bonds is 6. The summed E-state index contributed by atoms with van der Waals surface area (Å²) < 4.78 is 10.8. The highest BCUT2D eigenvalue weighted by molar-refractivity contribution is 6.14. The van der Waals surface area contributed by atoms with Gasteiger partial charge in [-0.15, -0.1) is 0 Å². The first-order chi connectivity index (χ1) is 14.6. The van der Waals surface area contributed by atoms with Crippen LogP contribution in [0.15, 0.2) is 48.5 Å². The summed E-state index contributed by atoms with van der Waals surface area (Å²) >= 11 is 0. The van der Waals surface area contributed by atoms with E-state index >= 15 is 0 Å². The summed E-state index contributed by atoms with van der Waals surface area (Å²) in [7, 11) is 3.15. The van der Waals surface area contributed by atoms with Crippen LogP contribution in [0.2, 0.25) is 0 Å². The van der Waals surface area contributed by atoms with E-state index in [0.717, 1.165) is 37.7 Å². The monoisotopic (exact) mass is 408 g/mol. The van der Waals surface area contributed by atoms with Crippen molar-refractivity contribution in [1.82, 2.24) is 4.90 Å². The summed E-state index contributed by atoms with van der Waals surface area (Å²) in [5, 5.41) is 0. The van der Waals surface area contributed by atoms with Gasteiger partial charge in [-0.2, -0.15) is 0 Å². The second kappa shape index (κ2) is 8.78. The fourth-order valence-corrected chi connectivity index (χ4v) is 4.53. The normalized spacial score (nSPS) is 20.0. The van der Waals surface area contributed by atoms with Crippen molar-refractivity contribution in [2.75, 3.05) is 19.1 Å². The van der Waals surface area contributed by atoms with E-state index < -0.39 is 6.04 Å². The summed E-state index contributed by atoms with van der Waals surface area (Å²) in [6.45, 7) is 0. The number of amides is 3. The van der Waals surface area contributed by atoms with Crippen LogP contribution in [0, 0.1) is 0 Å². The molecule has 4 rings (SSSR count). The van der Waals surface area contributed by atoms with Crippen LogP contribution in [0.1, 0.15) is 37.7 Å². The van der Waals surface area contributed by atoms with E-state index in [2.05, 4.69) is 0 Å². The third kappa shape index (κ3) is 3.86. The van der Waals surface area contributed by atoms with Gasteiger partial charge in [-0.1, -0.05) is 49.6 Å². The standard InChI is InChI=1S/C24H28N2O4/c1-29-20-14-19(15-21(16-20)30-2)25-22(13-17-9-5-3-6-10-17)23(27)26(24(25)28)18-11-7-4-8-12-18/h3,5-6,9-10,14-16,18,22H,4,7-8,11-13H2,1-2H3/t22-/m0/s1. The zero-order valence-corrected chi connectivity index (χ0v) is 17.5. The molecule has 0 radical (unpaired) electrons. The minimum absolute atomic E-state index is 0.0190. The Morgan fingerprint density at radius 3 is 2.10 bits per heavy atom. The zero-order valence-electron chi connectivity index (χ0n) is 17.5. The highest BCUT2D eigenvalue weighted by Gasteiger charge is 2.48. The van der Waals surface area contributed by atoms with Crippen molar-refractivity contribution in [3.63, 3.8) is 0 Å². The molecule has 0 aromatic heterocycles. The van der Waals surface area contributed by atoms with E-state index in [-0.39, 0.29) is 18.0 Å². The van der Waals surface area contributed by atoms with Crippen molar-refractivity contribution in [3.05, 3.63) is 54.1 Å². The molecule has 1 saturated carbocycles. The number of urea groups is 1. The number of anilines is 1. The van der Waals surface area contributed by atoms with Gasteiger partial charge in [0.25, 0.3) is 5.91 Å². The lowest BCUT2D eigenvalue weighted by Crippen LogP contribution is -2.42. The van der Waals surface area contributed by atoms with Crippen molar-refractivity contribution >= 4 is 17.6 Å². The molecule has 2 fully saturated rings. The Morgan fingerprint density at radius 1 is 0.867 bits per heavy atom. The SMILES string of the molecule is COc1cc(OC)cc(N2C(=O)N(C3CCCCC3)C(=O)[C@@H]2Cc2ccccc2)c1. The Hall–Kier alpha value is -3.02. The third-order valence-electron chi connectivity index (χ3n) is 6.07. The molecule has 1 heterocycles. The van der Waals surface area contributed by atoms with Gasteiger partial charge in [-0.25, -0.2) is 4.79 Å². The molecule has 1 saturated heterocycles. The van der Waals surface area contributed by atoms with Crippen LogP contribution < -0.4 is 14.4 Å². The van der Waals surface area contributed by atoms with Gasteiger partial charge in [0, 0.05) is 30.7 Å². The molecule has 0 N–H and O–H groups in total. The minimum atomic E-state index is -0.585. The van der Waals surface area contributed by atoms with E-state index in [1.165, 1.54) is 4.90 Å². The first-order valence-corrected chi connectivity index (χ1v) is 10.6.